The number of nitrogens with zero attached hydrogens (tertiary/aromatic N) is 3. The molecule has 8 heteroatoms. The van der Waals surface area contributed by atoms with E-state index >= 15 is 0 Å². The molecule has 7 nitrogen and oxygen atoms in total. The number of ketones is 1. The molecule has 0 aliphatic rings. The molecule has 0 spiro atoms. The molecule has 0 aliphatic carbocycles. The fourth-order valence-electron chi connectivity index (χ4n) is 3.98. The first-order chi connectivity index (χ1) is 16.7. The number of Topliss-reactive ketones (excluding diaryl/α,β-unsaturated/α-hetero) is 1. The van der Waals surface area contributed by atoms with Crippen molar-refractivity contribution in [2.75, 3.05) is 5.32 Å². The number of hydrogen-bond acceptors (Lipinski definition) is 6. The third-order valence-corrected chi connectivity index (χ3v) is 6.70. The lowest BCUT2D eigenvalue weighted by Crippen LogP contribution is -1.98. The number of benzene rings is 2. The van der Waals surface area contributed by atoms with Gasteiger partial charge in [0.2, 0.25) is 0 Å². The zero-order chi connectivity index (χ0) is 23.1. The number of rotatable bonds is 6. The van der Waals surface area contributed by atoms with E-state index in [1.165, 1.54) is 0 Å². The van der Waals surface area contributed by atoms with Crippen molar-refractivity contribution in [3.8, 4) is 22.5 Å². The summed E-state index contributed by atoms with van der Waals surface area (Å²) in [5.74, 6) is 1.49. The standard InChI is InChI=1S/C26H20N6OS/c1-2-23(33)22-11-16-3-4-17(12-21(16)30-22)25-31-20-9-10-34-24(20)26(32-25)29-19-7-5-15(6-8-19)18-13-27-28-14-18/h3-14,30H,2H2,1H3,(H,27,28)(H,29,31,32). The SMILES string of the molecule is CCC(=O)c1cc2ccc(-c3nc(Nc4ccc(-c5cn[nH]c5)cc4)c4sccc4n3)cc2[nH]1. The predicted molar refractivity (Wildman–Crippen MR) is 137 cm³/mol. The summed E-state index contributed by atoms with van der Waals surface area (Å²) in [6, 6.07) is 18.0. The summed E-state index contributed by atoms with van der Waals surface area (Å²) in [5, 5.41) is 13.3. The predicted octanol–water partition coefficient (Wildman–Crippen LogP) is 6.57. The van der Waals surface area contributed by atoms with Crippen molar-refractivity contribution in [1.29, 1.82) is 0 Å². The third kappa shape index (κ3) is 3.64. The monoisotopic (exact) mass is 464 g/mol. The van der Waals surface area contributed by atoms with Crippen LogP contribution in [0.3, 0.4) is 0 Å². The number of fused-ring (bicyclic) bond motifs is 2. The van der Waals surface area contributed by atoms with Crippen molar-refractivity contribution in [1.82, 2.24) is 25.1 Å². The number of carbonyl (C=O) groups is 1. The van der Waals surface area contributed by atoms with Crippen molar-refractivity contribution in [2.24, 2.45) is 0 Å². The average Bonchev–Trinajstić information content (AvgIpc) is 3.64. The van der Waals surface area contributed by atoms with Crippen LogP contribution in [-0.4, -0.2) is 30.9 Å². The quantitative estimate of drug-likeness (QED) is 0.242. The number of thiophene rings is 1. The second kappa shape index (κ2) is 8.24. The van der Waals surface area contributed by atoms with Crippen LogP contribution in [0.4, 0.5) is 11.5 Å². The fraction of sp³-hybridized carbons (Fsp3) is 0.0769. The molecule has 6 rings (SSSR count). The topological polar surface area (TPSA) is 99.3 Å². The van der Waals surface area contributed by atoms with E-state index in [1.54, 1.807) is 17.5 Å². The molecule has 4 heterocycles. The minimum atomic E-state index is 0.0963. The molecule has 3 N–H and O–H groups in total. The van der Waals surface area contributed by atoms with Gasteiger partial charge in [0.25, 0.3) is 0 Å². The van der Waals surface area contributed by atoms with Gasteiger partial charge in [-0.25, -0.2) is 9.97 Å². The Kier molecular flexibility index (Phi) is 4.92. The third-order valence-electron chi connectivity index (χ3n) is 5.78. The lowest BCUT2D eigenvalue weighted by Gasteiger charge is -2.10. The Morgan fingerprint density at radius 3 is 2.65 bits per heavy atom. The minimum absolute atomic E-state index is 0.0963. The summed E-state index contributed by atoms with van der Waals surface area (Å²) in [7, 11) is 0. The van der Waals surface area contributed by atoms with E-state index in [0.717, 1.165) is 49.3 Å². The van der Waals surface area contributed by atoms with E-state index in [9.17, 15) is 4.79 Å². The maximum Gasteiger partial charge on any atom is 0.178 e. The van der Waals surface area contributed by atoms with E-state index in [4.69, 9.17) is 9.97 Å². The van der Waals surface area contributed by atoms with Crippen LogP contribution < -0.4 is 5.32 Å². The zero-order valence-electron chi connectivity index (χ0n) is 18.3. The average molecular weight is 465 g/mol. The van der Waals surface area contributed by atoms with Gasteiger partial charge in [-0.1, -0.05) is 31.2 Å². The highest BCUT2D eigenvalue weighted by Crippen LogP contribution is 2.32. The Labute approximate surface area is 198 Å². The second-order valence-electron chi connectivity index (χ2n) is 7.98. The molecule has 0 bridgehead atoms. The molecule has 0 unspecified atom stereocenters. The smallest absolute Gasteiger partial charge is 0.178 e. The Hall–Kier alpha value is -4.30. The van der Waals surface area contributed by atoms with Crippen molar-refractivity contribution < 1.29 is 4.79 Å². The molecule has 0 saturated carbocycles. The van der Waals surface area contributed by atoms with Crippen LogP contribution in [0.5, 0.6) is 0 Å². The van der Waals surface area contributed by atoms with Gasteiger partial charge in [0.15, 0.2) is 17.4 Å². The van der Waals surface area contributed by atoms with Crippen molar-refractivity contribution >= 4 is 49.7 Å². The molecule has 0 amide bonds. The normalized spacial score (nSPS) is 11.3. The summed E-state index contributed by atoms with van der Waals surface area (Å²) < 4.78 is 0.999. The highest BCUT2D eigenvalue weighted by Gasteiger charge is 2.13. The van der Waals surface area contributed by atoms with E-state index in [0.29, 0.717) is 17.9 Å². The van der Waals surface area contributed by atoms with Crippen LogP contribution in [0.25, 0.3) is 43.6 Å². The van der Waals surface area contributed by atoms with Gasteiger partial charge in [-0.05, 0) is 41.3 Å². The van der Waals surface area contributed by atoms with Gasteiger partial charge in [0.05, 0.1) is 22.1 Å². The number of aromatic amines is 2. The number of aromatic nitrogens is 5. The number of anilines is 2. The van der Waals surface area contributed by atoms with Gasteiger partial charge in [-0.2, -0.15) is 5.10 Å². The summed E-state index contributed by atoms with van der Waals surface area (Å²) >= 11 is 1.61. The summed E-state index contributed by atoms with van der Waals surface area (Å²) in [6.07, 6.45) is 4.14. The van der Waals surface area contributed by atoms with E-state index < -0.39 is 0 Å². The number of carbonyl (C=O) groups excluding carboxylic acids is 1. The Morgan fingerprint density at radius 2 is 1.85 bits per heavy atom. The zero-order valence-corrected chi connectivity index (χ0v) is 19.1. The van der Waals surface area contributed by atoms with Crippen molar-refractivity contribution in [2.45, 2.75) is 13.3 Å². The van der Waals surface area contributed by atoms with E-state index in [-0.39, 0.29) is 5.78 Å². The molecule has 166 valence electrons. The van der Waals surface area contributed by atoms with Crippen LogP contribution >= 0.6 is 11.3 Å². The number of nitrogens with one attached hydrogen (secondary N) is 3. The Bertz CT molecular complexity index is 1630. The van der Waals surface area contributed by atoms with Crippen molar-refractivity contribution in [3.05, 3.63) is 78.1 Å². The highest BCUT2D eigenvalue weighted by atomic mass is 32.1. The largest absolute Gasteiger partial charge is 0.352 e. The van der Waals surface area contributed by atoms with Crippen LogP contribution in [0.2, 0.25) is 0 Å². The highest BCUT2D eigenvalue weighted by molar-refractivity contribution is 7.17. The molecule has 0 fully saturated rings. The molecule has 0 aliphatic heterocycles. The first-order valence-corrected chi connectivity index (χ1v) is 11.8. The second-order valence-corrected chi connectivity index (χ2v) is 8.90. The van der Waals surface area contributed by atoms with Crippen LogP contribution in [0, 0.1) is 0 Å². The van der Waals surface area contributed by atoms with Gasteiger partial charge in [-0.3, -0.25) is 9.89 Å². The molecular weight excluding hydrogens is 444 g/mol. The lowest BCUT2D eigenvalue weighted by atomic mass is 10.1. The summed E-state index contributed by atoms with van der Waals surface area (Å²) in [6.45, 7) is 1.86. The maximum absolute atomic E-state index is 12.1. The van der Waals surface area contributed by atoms with Crippen molar-refractivity contribution in [3.63, 3.8) is 0 Å². The van der Waals surface area contributed by atoms with Crippen LogP contribution in [0.15, 0.2) is 72.4 Å². The fourth-order valence-corrected chi connectivity index (χ4v) is 4.75. The number of hydrogen-bond donors (Lipinski definition) is 3. The van der Waals surface area contributed by atoms with Gasteiger partial charge in [0.1, 0.15) is 0 Å². The molecule has 0 radical (unpaired) electrons. The van der Waals surface area contributed by atoms with E-state index in [1.807, 2.05) is 61.0 Å². The summed E-state index contributed by atoms with van der Waals surface area (Å²) in [4.78, 5) is 25.0. The van der Waals surface area contributed by atoms with Gasteiger partial charge >= 0.3 is 0 Å². The van der Waals surface area contributed by atoms with E-state index in [2.05, 4.69) is 32.6 Å². The number of H-pyrrole nitrogens is 2. The molecule has 0 saturated heterocycles. The van der Waals surface area contributed by atoms with Crippen LogP contribution in [-0.2, 0) is 0 Å². The molecule has 4 aromatic heterocycles. The molecule has 6 aromatic rings. The van der Waals surface area contributed by atoms with Crippen LogP contribution in [0.1, 0.15) is 23.8 Å². The lowest BCUT2D eigenvalue weighted by molar-refractivity contribution is 0.0984. The molecule has 34 heavy (non-hydrogen) atoms. The first-order valence-electron chi connectivity index (χ1n) is 11.0. The van der Waals surface area contributed by atoms with Gasteiger partial charge in [-0.15, -0.1) is 11.3 Å². The maximum atomic E-state index is 12.1. The van der Waals surface area contributed by atoms with Gasteiger partial charge < -0.3 is 10.3 Å². The molecule has 0 atom stereocenters. The molecular formula is C26H20N6OS. The first kappa shape index (κ1) is 20.3. The minimum Gasteiger partial charge on any atom is -0.352 e. The summed E-state index contributed by atoms with van der Waals surface area (Å²) in [5.41, 5.74) is 6.37. The Morgan fingerprint density at radius 1 is 1.00 bits per heavy atom. The van der Waals surface area contributed by atoms with Gasteiger partial charge in [0, 0.05) is 40.3 Å². The Balaban J connectivity index is 1.36. The molecule has 2 aromatic carbocycles.